The monoisotopic (exact) mass is 228 g/mol. The minimum Gasteiger partial charge on any atom is -0.321 e. The first-order valence-electron chi connectivity index (χ1n) is 7.56. The molecule has 1 unspecified atom stereocenters. The first kappa shape index (κ1) is 16.0. The first-order chi connectivity index (χ1) is 7.70. The third-order valence-corrected chi connectivity index (χ3v) is 3.87. The Bertz CT molecular complexity index is 136. The van der Waals surface area contributed by atoms with Crippen LogP contribution in [0.5, 0.6) is 0 Å². The molecule has 0 fully saturated rings. The van der Waals surface area contributed by atoms with Gasteiger partial charge >= 0.3 is 0 Å². The summed E-state index contributed by atoms with van der Waals surface area (Å²) in [5.74, 6) is 0. The predicted octanol–water partition coefficient (Wildman–Crippen LogP) is 4.61. The third-order valence-electron chi connectivity index (χ3n) is 3.87. The van der Waals surface area contributed by atoms with Crippen molar-refractivity contribution in [2.24, 2.45) is 0 Å². The maximum atomic E-state index is 2.38. The maximum Gasteiger partial charge on any atom is 0.0887 e. The van der Waals surface area contributed by atoms with Gasteiger partial charge in [-0.1, -0.05) is 41.0 Å². The molecule has 1 heteroatoms. The van der Waals surface area contributed by atoms with Crippen molar-refractivity contribution < 1.29 is 4.48 Å². The Balaban J connectivity index is 4.78. The molecule has 0 bridgehead atoms. The first-order valence-corrected chi connectivity index (χ1v) is 7.56. The van der Waals surface area contributed by atoms with E-state index in [0.717, 1.165) is 6.04 Å². The van der Waals surface area contributed by atoms with Gasteiger partial charge < -0.3 is 4.48 Å². The Morgan fingerprint density at radius 1 is 0.688 bits per heavy atom. The Hall–Kier alpha value is -0.0400. The summed E-state index contributed by atoms with van der Waals surface area (Å²) in [6, 6.07) is 0.907. The Kier molecular flexibility index (Phi) is 9.02. The van der Waals surface area contributed by atoms with Crippen LogP contribution in [-0.2, 0) is 0 Å². The normalized spacial score (nSPS) is 14.1. The lowest BCUT2D eigenvalue weighted by Gasteiger charge is -2.45. The lowest BCUT2D eigenvalue weighted by Crippen LogP contribution is -2.56. The van der Waals surface area contributed by atoms with Crippen LogP contribution in [0.25, 0.3) is 0 Å². The van der Waals surface area contributed by atoms with Crippen LogP contribution < -0.4 is 0 Å². The van der Waals surface area contributed by atoms with E-state index < -0.39 is 0 Å². The van der Waals surface area contributed by atoms with E-state index in [1.807, 2.05) is 0 Å². The summed E-state index contributed by atoms with van der Waals surface area (Å²) in [6.45, 7) is 15.9. The molecule has 98 valence electrons. The number of hydrogen-bond donors (Lipinski definition) is 0. The van der Waals surface area contributed by atoms with Crippen LogP contribution >= 0.6 is 0 Å². The van der Waals surface area contributed by atoms with Crippen molar-refractivity contribution >= 4 is 0 Å². The van der Waals surface area contributed by atoms with Crippen LogP contribution in [0.15, 0.2) is 0 Å². The summed E-state index contributed by atoms with van der Waals surface area (Å²) >= 11 is 0. The molecule has 0 aliphatic heterocycles. The van der Waals surface area contributed by atoms with Crippen molar-refractivity contribution in [2.45, 2.75) is 79.2 Å². The fourth-order valence-corrected chi connectivity index (χ4v) is 3.42. The average Bonchev–Trinajstić information content (AvgIpc) is 2.26. The van der Waals surface area contributed by atoms with Gasteiger partial charge in [0.05, 0.1) is 25.7 Å². The topological polar surface area (TPSA) is 0 Å². The Morgan fingerprint density at radius 2 is 1.12 bits per heavy atom. The van der Waals surface area contributed by atoms with Gasteiger partial charge in [0.2, 0.25) is 0 Å². The van der Waals surface area contributed by atoms with E-state index in [1.54, 1.807) is 0 Å². The fourth-order valence-electron chi connectivity index (χ4n) is 3.42. The molecule has 1 nitrogen and oxygen atoms in total. The summed E-state index contributed by atoms with van der Waals surface area (Å²) in [6.07, 6.45) is 8.11. The summed E-state index contributed by atoms with van der Waals surface area (Å²) < 4.78 is 1.40. The molecule has 1 atom stereocenters. The van der Waals surface area contributed by atoms with Crippen molar-refractivity contribution in [3.8, 4) is 0 Å². The number of nitrogens with zero attached hydrogens (tertiary/aromatic N) is 1. The molecular formula is C15H34N+. The fraction of sp³-hybridized carbons (Fsp3) is 1.00. The van der Waals surface area contributed by atoms with Gasteiger partial charge in [-0.3, -0.25) is 0 Å². The van der Waals surface area contributed by atoms with Crippen molar-refractivity contribution in [1.82, 2.24) is 0 Å². The smallest absolute Gasteiger partial charge is 0.0887 e. The summed E-state index contributed by atoms with van der Waals surface area (Å²) in [7, 11) is 0. The second-order valence-electron chi connectivity index (χ2n) is 5.24. The molecule has 0 rings (SSSR count). The molecule has 0 saturated carbocycles. The molecule has 0 radical (unpaired) electrons. The molecule has 0 aliphatic rings. The summed E-state index contributed by atoms with van der Waals surface area (Å²) in [5, 5.41) is 0. The minimum atomic E-state index is 0.907. The van der Waals surface area contributed by atoms with E-state index in [2.05, 4.69) is 34.6 Å². The highest BCUT2D eigenvalue weighted by Gasteiger charge is 2.32. The molecule has 0 N–H and O–H groups in total. The molecule has 0 amide bonds. The lowest BCUT2D eigenvalue weighted by atomic mass is 10.0. The molecular weight excluding hydrogens is 194 g/mol. The highest BCUT2D eigenvalue weighted by Crippen LogP contribution is 2.23. The van der Waals surface area contributed by atoms with Gasteiger partial charge in [0.1, 0.15) is 0 Å². The van der Waals surface area contributed by atoms with Gasteiger partial charge in [0.15, 0.2) is 0 Å². The molecule has 0 heterocycles. The second-order valence-corrected chi connectivity index (χ2v) is 5.24. The highest BCUT2D eigenvalue weighted by molar-refractivity contribution is 4.59. The zero-order chi connectivity index (χ0) is 12.4. The van der Waals surface area contributed by atoms with Crippen LogP contribution in [0.2, 0.25) is 0 Å². The number of rotatable bonds is 10. The van der Waals surface area contributed by atoms with Crippen LogP contribution in [0.1, 0.15) is 73.1 Å². The second kappa shape index (κ2) is 9.04. The molecule has 0 aromatic rings. The standard InChI is InChI=1S/C15H34N/c1-6-11-15(10-5)16(12-7-2,13-8-3)14-9-4/h15H,6-14H2,1-5H3/q+1. The Labute approximate surface area is 104 Å². The number of quaternary nitrogens is 1. The number of hydrogen-bond acceptors (Lipinski definition) is 0. The average molecular weight is 228 g/mol. The van der Waals surface area contributed by atoms with E-state index in [4.69, 9.17) is 0 Å². The van der Waals surface area contributed by atoms with Crippen molar-refractivity contribution in [2.75, 3.05) is 19.6 Å². The highest BCUT2D eigenvalue weighted by atomic mass is 15.4. The van der Waals surface area contributed by atoms with Gasteiger partial charge in [-0.2, -0.15) is 0 Å². The van der Waals surface area contributed by atoms with Gasteiger partial charge in [-0.15, -0.1) is 0 Å². The molecule has 0 aromatic heterocycles. The van der Waals surface area contributed by atoms with Crippen molar-refractivity contribution in [1.29, 1.82) is 0 Å². The van der Waals surface area contributed by atoms with E-state index >= 15 is 0 Å². The van der Waals surface area contributed by atoms with Crippen molar-refractivity contribution in [3.05, 3.63) is 0 Å². The van der Waals surface area contributed by atoms with E-state index in [-0.39, 0.29) is 0 Å². The molecule has 0 aliphatic carbocycles. The van der Waals surface area contributed by atoms with Crippen LogP contribution in [0.4, 0.5) is 0 Å². The SMILES string of the molecule is CCCC(CC)[N+](CCC)(CCC)CCC. The molecule has 0 aromatic carbocycles. The minimum absolute atomic E-state index is 0.907. The predicted molar refractivity (Wildman–Crippen MR) is 74.7 cm³/mol. The largest absolute Gasteiger partial charge is 0.321 e. The summed E-state index contributed by atoms with van der Waals surface area (Å²) in [4.78, 5) is 0. The maximum absolute atomic E-state index is 2.38. The zero-order valence-corrected chi connectivity index (χ0v) is 12.4. The van der Waals surface area contributed by atoms with Gasteiger partial charge in [-0.25, -0.2) is 0 Å². The molecule has 0 saturated heterocycles. The van der Waals surface area contributed by atoms with Gasteiger partial charge in [0.25, 0.3) is 0 Å². The van der Waals surface area contributed by atoms with E-state index in [9.17, 15) is 0 Å². The third kappa shape index (κ3) is 4.45. The van der Waals surface area contributed by atoms with E-state index in [0.29, 0.717) is 0 Å². The lowest BCUT2D eigenvalue weighted by molar-refractivity contribution is -0.952. The quantitative estimate of drug-likeness (QED) is 0.479. The van der Waals surface area contributed by atoms with Gasteiger partial charge in [-0.05, 0) is 32.1 Å². The summed E-state index contributed by atoms with van der Waals surface area (Å²) in [5.41, 5.74) is 0. The van der Waals surface area contributed by atoms with Crippen LogP contribution in [-0.4, -0.2) is 30.2 Å². The van der Waals surface area contributed by atoms with Crippen LogP contribution in [0.3, 0.4) is 0 Å². The van der Waals surface area contributed by atoms with Crippen LogP contribution in [0, 0.1) is 0 Å². The zero-order valence-electron chi connectivity index (χ0n) is 12.4. The van der Waals surface area contributed by atoms with E-state index in [1.165, 1.54) is 62.6 Å². The molecule has 16 heavy (non-hydrogen) atoms. The molecule has 0 spiro atoms. The Morgan fingerprint density at radius 3 is 1.38 bits per heavy atom. The van der Waals surface area contributed by atoms with Crippen molar-refractivity contribution in [3.63, 3.8) is 0 Å². The van der Waals surface area contributed by atoms with Gasteiger partial charge in [0, 0.05) is 0 Å².